The van der Waals surface area contributed by atoms with Gasteiger partial charge >= 0.3 is 41.6 Å². The van der Waals surface area contributed by atoms with E-state index in [-0.39, 0.29) is 92.5 Å². The van der Waals surface area contributed by atoms with Crippen LogP contribution in [-0.2, 0) is 58.8 Å². The molecule has 3 aromatic rings. The van der Waals surface area contributed by atoms with Gasteiger partial charge in [-0.3, -0.25) is 28.5 Å². The number of hydrogen-bond acceptors (Lipinski definition) is 20. The molecule has 11 rings (SSSR count). The van der Waals surface area contributed by atoms with Crippen LogP contribution in [0.5, 0.6) is 17.2 Å². The van der Waals surface area contributed by atoms with Crippen molar-refractivity contribution in [3.05, 3.63) is 108 Å². The van der Waals surface area contributed by atoms with Gasteiger partial charge < -0.3 is 38.3 Å². The summed E-state index contributed by atoms with van der Waals surface area (Å²) >= 11 is 8.77. The molecule has 3 aliphatic heterocycles. The zero-order valence-corrected chi connectivity index (χ0v) is 73.3. The van der Waals surface area contributed by atoms with Crippen LogP contribution in [-0.4, -0.2) is 141 Å². The van der Waals surface area contributed by atoms with Gasteiger partial charge in [-0.2, -0.15) is 54.3 Å². The number of carbonyl (C=O) groups excluding carboxylic acids is 6. The predicted octanol–water partition coefficient (Wildman–Crippen LogP) is 23.1. The first-order valence-corrected chi connectivity index (χ1v) is 49.6. The van der Waals surface area contributed by atoms with Crippen LogP contribution in [0.25, 0.3) is 0 Å². The number of halogens is 16. The van der Waals surface area contributed by atoms with E-state index in [1.54, 1.807) is 33.5 Å². The summed E-state index contributed by atoms with van der Waals surface area (Å²) in [5, 5.41) is 8.47. The maximum Gasteiger partial charge on any atom is 0.496 e. The normalized spacial score (nSPS) is 21.6. The van der Waals surface area contributed by atoms with E-state index < -0.39 is 130 Å². The molecular formula is C79H104F16O15S7Si. The molecule has 3 heterocycles. The van der Waals surface area contributed by atoms with Gasteiger partial charge in [-0.1, -0.05) is 30.8 Å². The number of aromatic hydroxyl groups is 1. The summed E-state index contributed by atoms with van der Waals surface area (Å²) in [5.74, 6) is -11.5. The van der Waals surface area contributed by atoms with Crippen LogP contribution in [0.1, 0.15) is 175 Å². The number of carbonyl (C=O) groups is 6. The molecule has 5 saturated carbocycles. The first-order valence-electron chi connectivity index (χ1n) is 38.8. The Labute approximate surface area is 707 Å². The Morgan fingerprint density at radius 1 is 0.449 bits per heavy atom. The van der Waals surface area contributed by atoms with Gasteiger partial charge in [0.1, 0.15) is 29.3 Å². The maximum atomic E-state index is 14.2. The fraction of sp³-hybridized carbons (Fsp3) is 0.646. The Morgan fingerprint density at radius 3 is 0.992 bits per heavy atom. The minimum Gasteiger partial charge on any atom is -0.508 e. The van der Waals surface area contributed by atoms with Crippen molar-refractivity contribution in [1.82, 2.24) is 0 Å². The third-order valence-electron chi connectivity index (χ3n) is 19.1. The molecule has 2 N–H and O–H groups in total. The van der Waals surface area contributed by atoms with Crippen molar-refractivity contribution in [1.29, 1.82) is 0 Å². The minimum atomic E-state index is -4.97. The summed E-state index contributed by atoms with van der Waals surface area (Å²) in [6.07, 6.45) is 9.50. The predicted molar refractivity (Wildman–Crippen MR) is 433 cm³/mol. The molecule has 0 amide bonds. The van der Waals surface area contributed by atoms with E-state index in [0.29, 0.717) is 94.7 Å². The summed E-state index contributed by atoms with van der Waals surface area (Å²) in [6, 6.07) is 2.50. The molecule has 5 aliphatic carbocycles. The third kappa shape index (κ3) is 37.6. The average Bonchev–Trinajstić information content (AvgIpc) is 0.816. The number of Topliss-reactive ketones (excluding diaryl/α,β-unsaturated/α-hetero) is 1. The Morgan fingerprint density at radius 2 is 0.720 bits per heavy atom. The molecule has 1 atom stereocenters. The zero-order valence-electron chi connectivity index (χ0n) is 66.6. The number of ether oxygens (including phenoxy) is 6. The van der Waals surface area contributed by atoms with Gasteiger partial charge in [0, 0.05) is 67.8 Å². The molecular weight excluding hydrogens is 1750 g/mol. The highest BCUT2D eigenvalue weighted by molar-refractivity contribution is 8.23. The fourth-order valence-corrected chi connectivity index (χ4v) is 25.2. The number of alkyl halides is 7. The van der Waals surface area contributed by atoms with Gasteiger partial charge in [0.2, 0.25) is 0 Å². The number of rotatable bonds is 16. The molecule has 118 heavy (non-hydrogen) atoms. The average molecular weight is 1850 g/mol. The number of phenols is 1. The second kappa shape index (κ2) is 53.3. The minimum absolute atomic E-state index is 0.00262. The fourth-order valence-electron chi connectivity index (χ4n) is 12.7. The summed E-state index contributed by atoms with van der Waals surface area (Å²) in [5.41, 5.74) is -1.78. The third-order valence-corrected chi connectivity index (χ3v) is 34.2. The van der Waals surface area contributed by atoms with Gasteiger partial charge in [0.25, 0.3) is 11.1 Å². The van der Waals surface area contributed by atoms with Crippen LogP contribution in [0.15, 0.2) is 56.0 Å². The number of aldehydes is 1. The zero-order chi connectivity index (χ0) is 88.1. The molecule has 0 aromatic heterocycles. The molecule has 0 radical (unpaired) electrons. The van der Waals surface area contributed by atoms with Crippen LogP contribution < -0.4 is 9.47 Å². The van der Waals surface area contributed by atoms with Gasteiger partial charge in [0.05, 0.1) is 70.0 Å². The van der Waals surface area contributed by atoms with Crippen LogP contribution in [0, 0.1) is 93.8 Å². The number of ketones is 1. The Bertz CT molecular complexity index is 3590. The lowest BCUT2D eigenvalue weighted by molar-refractivity contribution is -0.224. The van der Waals surface area contributed by atoms with Gasteiger partial charge in [-0.25, -0.2) is 43.7 Å². The van der Waals surface area contributed by atoms with Crippen molar-refractivity contribution in [3.8, 4) is 17.2 Å². The SMILES string of the molecule is CCOC(=O)C1CCC(=C2SCCCS2)CC1.CCOC(=O)C1CCC(=C2SCCCS2)CC1.CCOC(=O)C1CCC(=O)CC1.CCOC(=O)C1CCC(C(F)(F)Oc2cc(F)c(F)c(F)c2)CC1.C[Si](C)(C)C1SCCCS1.O=CC1CCC(C(F)(F)Oc2cc(F)c(F)c(F)c2)CC1.O=S(O)C(F)(F)F.Oc1cc(F)c(F)c(F)c1. The highest BCUT2D eigenvalue weighted by atomic mass is 32.2. The van der Waals surface area contributed by atoms with Crippen molar-refractivity contribution < 1.29 is 141 Å². The summed E-state index contributed by atoms with van der Waals surface area (Å²) in [7, 11) is -0.830. The van der Waals surface area contributed by atoms with Crippen molar-refractivity contribution >= 4 is 126 Å². The van der Waals surface area contributed by atoms with Crippen LogP contribution in [0.3, 0.4) is 0 Å². The number of esters is 4. The number of benzene rings is 3. The largest absolute Gasteiger partial charge is 0.508 e. The van der Waals surface area contributed by atoms with Gasteiger partial charge in [-0.15, -0.1) is 47.0 Å². The molecule has 1 unspecified atom stereocenters. The van der Waals surface area contributed by atoms with Crippen LogP contribution in [0.4, 0.5) is 70.2 Å². The van der Waals surface area contributed by atoms with Crippen molar-refractivity contribution in [2.75, 3.05) is 60.9 Å². The van der Waals surface area contributed by atoms with E-state index in [2.05, 4.69) is 52.6 Å². The second-order valence-electron chi connectivity index (χ2n) is 29.0. The van der Waals surface area contributed by atoms with E-state index in [4.69, 9.17) is 32.8 Å². The molecule has 0 bridgehead atoms. The Kier molecular flexibility index (Phi) is 47.6. The van der Waals surface area contributed by atoms with Crippen LogP contribution >= 0.6 is 70.6 Å². The molecule has 668 valence electrons. The lowest BCUT2D eigenvalue weighted by Crippen LogP contribution is -2.38. The highest BCUT2D eigenvalue weighted by Crippen LogP contribution is 2.47. The molecule has 8 fully saturated rings. The van der Waals surface area contributed by atoms with E-state index >= 15 is 0 Å². The van der Waals surface area contributed by atoms with E-state index in [9.17, 15) is 99.0 Å². The molecule has 15 nitrogen and oxygen atoms in total. The second-order valence-corrected chi connectivity index (χ2v) is 43.8. The van der Waals surface area contributed by atoms with E-state index in [1.165, 1.54) is 53.8 Å². The van der Waals surface area contributed by atoms with Crippen LogP contribution in [0.2, 0.25) is 19.6 Å². The van der Waals surface area contributed by atoms with E-state index in [1.807, 2.05) is 60.9 Å². The molecule has 8 aliphatic rings. The smallest absolute Gasteiger partial charge is 0.496 e. The maximum absolute atomic E-state index is 14.2. The summed E-state index contributed by atoms with van der Waals surface area (Å²) in [6.45, 7) is 16.3. The highest BCUT2D eigenvalue weighted by Gasteiger charge is 2.47. The number of allylic oxidation sites excluding steroid dienone is 2. The van der Waals surface area contributed by atoms with Crippen molar-refractivity contribution in [3.63, 3.8) is 0 Å². The topological polar surface area (TPSA) is 215 Å². The number of thioether (sulfide) groups is 6. The quantitative estimate of drug-likeness (QED) is 0.0259. The summed E-state index contributed by atoms with van der Waals surface area (Å²) < 4.78 is 251. The van der Waals surface area contributed by atoms with Gasteiger partial charge in [-0.05, 0) is 197 Å². The first kappa shape index (κ1) is 105. The molecule has 39 heteroatoms. The van der Waals surface area contributed by atoms with E-state index in [0.717, 1.165) is 61.9 Å². The standard InChI is InChI=1S/C16H17F5O3.C14H13F5O2.2C13H20O2S2.C9H14O3.C7H16S2Si.C6H3F3O.CHF3O2S/c1-2-23-15(22)9-3-5-10(6-4-9)16(20,21)24-11-7-12(17)14(19)13(18)8-11;15-11-5-10(6-12(16)13(11)17)21-14(18,19)9-3-1-8(7-20)2-4-9;2*1-2-15-12(14)10-4-6-11(7-5-10)13-16-8-3-9-17-13;1-2-12-9(11)7-3-5-8(10)6-4-7;1-10(2,3)7-8-5-4-6-9-7;7-4-1-3(10)2-5(8)6(4)9;2-1(3,4)7(5)6/h7-10H,2-6H2,1H3;5-9H,1-4H2;2*10H,2-9H2,1H3;7H,2-6H2,1H3;7H,4-6H2,1-3H3;1-2,10H;(H,5,6). The number of hydrogen-bond donors (Lipinski definition) is 2. The summed E-state index contributed by atoms with van der Waals surface area (Å²) in [4.78, 5) is 67.4. The lowest BCUT2D eigenvalue weighted by atomic mass is 9.81. The molecule has 0 spiro atoms. The molecule has 3 saturated heterocycles. The first-order chi connectivity index (χ1) is 55.6. The molecule has 3 aromatic carbocycles. The Hall–Kier alpha value is -4.93. The number of phenolic OH excluding ortho intramolecular Hbond substituents is 1. The monoisotopic (exact) mass is 1850 g/mol. The van der Waals surface area contributed by atoms with Crippen molar-refractivity contribution in [2.24, 2.45) is 41.4 Å². The Balaban J connectivity index is 0.000000291. The van der Waals surface area contributed by atoms with Crippen molar-refractivity contribution in [2.45, 2.75) is 217 Å². The lowest BCUT2D eigenvalue weighted by Gasteiger charge is -2.32. The van der Waals surface area contributed by atoms with Gasteiger partial charge in [0.15, 0.2) is 52.4 Å².